The highest BCUT2D eigenvalue weighted by Gasteiger charge is 2.58. The molecule has 0 amide bonds. The summed E-state index contributed by atoms with van der Waals surface area (Å²) in [5.74, 6) is 1.01. The van der Waals surface area contributed by atoms with Crippen LogP contribution in [0.5, 0.6) is 0 Å². The van der Waals surface area contributed by atoms with E-state index in [1.54, 1.807) is 0 Å². The first kappa shape index (κ1) is 9.48. The van der Waals surface area contributed by atoms with Crippen molar-refractivity contribution in [2.24, 2.45) is 23.2 Å². The molecule has 0 nitrogen and oxygen atoms in total. The molecule has 0 saturated heterocycles. The second kappa shape index (κ2) is 2.71. The molecule has 4 atom stereocenters. The molecule has 3 aliphatic rings. The predicted octanol–water partition coefficient (Wildman–Crippen LogP) is 3.49. The smallest absolute Gasteiger partial charge is 0.287 e. The lowest BCUT2D eigenvalue weighted by atomic mass is 9.40. The Labute approximate surface area is 79.3 Å². The Bertz CT molecular complexity index is 213. The van der Waals surface area contributed by atoms with Crippen molar-refractivity contribution in [3.63, 3.8) is 0 Å². The highest BCUT2D eigenvalue weighted by molar-refractivity contribution is 6.44. The van der Waals surface area contributed by atoms with Crippen molar-refractivity contribution in [3.8, 4) is 0 Å². The average Bonchev–Trinajstić information content (AvgIpc) is 2.02. The summed E-state index contributed by atoms with van der Waals surface area (Å²) in [6.45, 7) is 6.49. The second-order valence-electron chi connectivity index (χ2n) is 5.45. The molecule has 3 aliphatic carbocycles. The summed E-state index contributed by atoms with van der Waals surface area (Å²) < 4.78 is 25.2. The van der Waals surface area contributed by atoms with E-state index in [4.69, 9.17) is 0 Å². The minimum Gasteiger partial charge on any atom is -0.287 e. The lowest BCUT2D eigenvalue weighted by Crippen LogP contribution is -2.54. The summed E-state index contributed by atoms with van der Waals surface area (Å²) in [5, 5.41) is 0. The molecule has 3 fully saturated rings. The Morgan fingerprint density at radius 1 is 1.23 bits per heavy atom. The van der Waals surface area contributed by atoms with Crippen LogP contribution in [0.15, 0.2) is 0 Å². The zero-order valence-electron chi connectivity index (χ0n) is 8.56. The van der Waals surface area contributed by atoms with Crippen LogP contribution in [0, 0.1) is 23.2 Å². The summed E-state index contributed by atoms with van der Waals surface area (Å²) in [6, 6.07) is 0. The van der Waals surface area contributed by atoms with E-state index in [2.05, 4.69) is 13.8 Å². The first-order valence-electron chi connectivity index (χ1n) is 5.22. The van der Waals surface area contributed by atoms with Gasteiger partial charge in [0.1, 0.15) is 0 Å². The van der Waals surface area contributed by atoms with Gasteiger partial charge in [-0.1, -0.05) is 20.8 Å². The van der Waals surface area contributed by atoms with Crippen molar-refractivity contribution < 1.29 is 8.63 Å². The van der Waals surface area contributed by atoms with E-state index in [0.717, 1.165) is 6.42 Å². The normalized spacial score (nSPS) is 46.8. The second-order valence-corrected chi connectivity index (χ2v) is 5.45. The summed E-state index contributed by atoms with van der Waals surface area (Å²) in [7, 11) is -2.10. The van der Waals surface area contributed by atoms with Gasteiger partial charge in [-0.05, 0) is 36.0 Å². The number of hydrogen-bond donors (Lipinski definition) is 0. The highest BCUT2D eigenvalue weighted by atomic mass is 19.2. The molecule has 0 radical (unpaired) electrons. The molecule has 0 spiro atoms. The van der Waals surface area contributed by atoms with Crippen LogP contribution in [-0.4, -0.2) is 7.27 Å². The van der Waals surface area contributed by atoms with Crippen molar-refractivity contribution in [1.82, 2.24) is 0 Å². The minimum absolute atomic E-state index is 0.222. The van der Waals surface area contributed by atoms with E-state index in [1.807, 2.05) is 6.92 Å². The van der Waals surface area contributed by atoms with Gasteiger partial charge in [-0.3, -0.25) is 8.63 Å². The maximum Gasteiger partial charge on any atom is 0.541 e. The van der Waals surface area contributed by atoms with Gasteiger partial charge >= 0.3 is 7.27 Å². The van der Waals surface area contributed by atoms with E-state index in [9.17, 15) is 8.63 Å². The first-order valence-corrected chi connectivity index (χ1v) is 5.22. The Kier molecular flexibility index (Phi) is 1.97. The van der Waals surface area contributed by atoms with Crippen molar-refractivity contribution in [1.29, 1.82) is 0 Å². The molecule has 4 unspecified atom stereocenters. The molecule has 0 N–H and O–H groups in total. The van der Waals surface area contributed by atoms with Gasteiger partial charge in [0.15, 0.2) is 0 Å². The third kappa shape index (κ3) is 1.15. The Morgan fingerprint density at radius 2 is 1.85 bits per heavy atom. The van der Waals surface area contributed by atoms with Crippen molar-refractivity contribution >= 4 is 7.27 Å². The molecule has 0 aromatic heterocycles. The fraction of sp³-hybridized carbons (Fsp3) is 1.00. The number of halogens is 2. The summed E-state index contributed by atoms with van der Waals surface area (Å²) in [4.78, 5) is 0. The van der Waals surface area contributed by atoms with E-state index >= 15 is 0 Å². The quantitative estimate of drug-likeness (QED) is 0.550. The number of hydrogen-bond acceptors (Lipinski definition) is 0. The van der Waals surface area contributed by atoms with Crippen LogP contribution in [-0.2, 0) is 0 Å². The molecule has 0 aromatic rings. The van der Waals surface area contributed by atoms with Crippen molar-refractivity contribution in [2.75, 3.05) is 0 Å². The highest BCUT2D eigenvalue weighted by Crippen LogP contribution is 2.65. The van der Waals surface area contributed by atoms with Crippen LogP contribution in [0.3, 0.4) is 0 Å². The van der Waals surface area contributed by atoms with Crippen LogP contribution < -0.4 is 0 Å². The third-order valence-corrected chi connectivity index (χ3v) is 4.74. The van der Waals surface area contributed by atoms with Crippen molar-refractivity contribution in [3.05, 3.63) is 0 Å². The van der Waals surface area contributed by atoms with Gasteiger partial charge in [-0.2, -0.15) is 0 Å². The van der Waals surface area contributed by atoms with Crippen LogP contribution in [0.4, 0.5) is 8.63 Å². The molecule has 0 aromatic carbocycles. The van der Waals surface area contributed by atoms with Crippen molar-refractivity contribution in [2.45, 2.75) is 39.4 Å². The number of rotatable bonds is 1. The van der Waals surface area contributed by atoms with E-state index < -0.39 is 7.27 Å². The summed E-state index contributed by atoms with van der Waals surface area (Å²) in [5.41, 5.74) is 0.338. The molecule has 3 saturated carbocycles. The zero-order chi connectivity index (χ0) is 9.80. The molecule has 3 heteroatoms. The van der Waals surface area contributed by atoms with E-state index in [1.165, 1.54) is 6.42 Å². The summed E-state index contributed by atoms with van der Waals surface area (Å²) >= 11 is 0. The Morgan fingerprint density at radius 3 is 2.23 bits per heavy atom. The lowest BCUT2D eigenvalue weighted by molar-refractivity contribution is -0.101. The Balaban J connectivity index is 2.12. The SMILES string of the molecule is CC1C(B(F)F)CC2CC1C2(C)C. The summed E-state index contributed by atoms with van der Waals surface area (Å²) in [6.07, 6.45) is 1.94. The van der Waals surface area contributed by atoms with Gasteiger partial charge in [0.25, 0.3) is 0 Å². The van der Waals surface area contributed by atoms with Gasteiger partial charge in [0.05, 0.1) is 0 Å². The third-order valence-electron chi connectivity index (χ3n) is 4.74. The zero-order valence-corrected chi connectivity index (χ0v) is 8.56. The first-order chi connectivity index (χ1) is 5.94. The van der Waals surface area contributed by atoms with Gasteiger partial charge < -0.3 is 0 Å². The van der Waals surface area contributed by atoms with Crippen LogP contribution in [0.1, 0.15) is 33.6 Å². The van der Waals surface area contributed by atoms with Gasteiger partial charge in [0.2, 0.25) is 0 Å². The largest absolute Gasteiger partial charge is 0.541 e. The molecular formula is C10H17BF2. The van der Waals surface area contributed by atoms with Crippen LogP contribution in [0.25, 0.3) is 0 Å². The topological polar surface area (TPSA) is 0 Å². The predicted molar refractivity (Wildman–Crippen MR) is 50.9 cm³/mol. The molecular weight excluding hydrogens is 169 g/mol. The average molecular weight is 186 g/mol. The lowest BCUT2D eigenvalue weighted by Gasteiger charge is -2.61. The molecule has 0 aliphatic heterocycles. The maximum absolute atomic E-state index is 12.6. The molecule has 0 heterocycles. The molecule has 2 bridgehead atoms. The van der Waals surface area contributed by atoms with E-state index in [-0.39, 0.29) is 11.7 Å². The molecule has 74 valence electrons. The van der Waals surface area contributed by atoms with Gasteiger partial charge in [0, 0.05) is 5.82 Å². The number of fused-ring (bicyclic) bond motifs is 2. The Hall–Kier alpha value is -0.0751. The van der Waals surface area contributed by atoms with Crippen LogP contribution in [0.2, 0.25) is 5.82 Å². The standard InChI is InChI=1S/C10H17BF2/c1-6-8-4-7(10(8,2)3)5-9(6)11(12)13/h6-9H,4-5H2,1-3H3. The van der Waals surface area contributed by atoms with Gasteiger partial charge in [-0.15, -0.1) is 0 Å². The minimum atomic E-state index is -2.10. The van der Waals surface area contributed by atoms with E-state index in [0.29, 0.717) is 17.3 Å². The monoisotopic (exact) mass is 186 g/mol. The fourth-order valence-corrected chi connectivity index (χ4v) is 3.52. The van der Waals surface area contributed by atoms with Crippen LogP contribution >= 0.6 is 0 Å². The fourth-order valence-electron chi connectivity index (χ4n) is 3.52. The van der Waals surface area contributed by atoms with Gasteiger partial charge in [-0.25, -0.2) is 0 Å². The maximum atomic E-state index is 12.6. The molecule has 3 rings (SSSR count). The molecule has 13 heavy (non-hydrogen) atoms.